The van der Waals surface area contributed by atoms with Gasteiger partial charge in [-0.1, -0.05) is 26.2 Å². The van der Waals surface area contributed by atoms with E-state index >= 15 is 0 Å². The summed E-state index contributed by atoms with van der Waals surface area (Å²) < 4.78 is 0. The topological polar surface area (TPSA) is 32.3 Å². The Labute approximate surface area is 87.1 Å². The number of nitrogens with one attached hydrogen (secondary N) is 1. The van der Waals surface area contributed by atoms with E-state index in [4.69, 9.17) is 0 Å². The quantitative estimate of drug-likeness (QED) is 0.723. The van der Waals surface area contributed by atoms with Gasteiger partial charge in [-0.3, -0.25) is 0 Å². The molecule has 14 heavy (non-hydrogen) atoms. The van der Waals surface area contributed by atoms with Crippen LogP contribution in [-0.2, 0) is 0 Å². The molecule has 0 aliphatic heterocycles. The molecule has 82 valence electrons. The number of hydrogen-bond donors (Lipinski definition) is 2. The SMILES string of the molecule is CCC1CCCC(O)(CNC2CC2)C1. The molecule has 0 saturated heterocycles. The van der Waals surface area contributed by atoms with E-state index in [1.54, 1.807) is 0 Å². The third-order valence-corrected chi connectivity index (χ3v) is 3.80. The Bertz CT molecular complexity index is 191. The highest BCUT2D eigenvalue weighted by Crippen LogP contribution is 2.34. The molecular formula is C12H23NO. The van der Waals surface area contributed by atoms with E-state index in [9.17, 15) is 5.11 Å². The molecule has 0 spiro atoms. The maximum absolute atomic E-state index is 10.4. The number of rotatable bonds is 4. The van der Waals surface area contributed by atoms with Crippen molar-refractivity contribution in [1.82, 2.24) is 5.32 Å². The van der Waals surface area contributed by atoms with E-state index in [2.05, 4.69) is 12.2 Å². The number of hydrogen-bond acceptors (Lipinski definition) is 2. The first-order valence-electron chi connectivity index (χ1n) is 6.17. The standard InChI is InChI=1S/C12H23NO/c1-2-10-4-3-7-12(14,8-10)9-13-11-5-6-11/h10-11,13-14H,2-9H2,1H3. The fraction of sp³-hybridized carbons (Fsp3) is 1.00. The second-order valence-corrected chi connectivity index (χ2v) is 5.25. The Morgan fingerprint density at radius 1 is 1.36 bits per heavy atom. The van der Waals surface area contributed by atoms with E-state index in [1.165, 1.54) is 32.1 Å². The lowest BCUT2D eigenvalue weighted by Crippen LogP contribution is -2.44. The predicted octanol–water partition coefficient (Wildman–Crippen LogP) is 2.07. The molecule has 0 amide bonds. The lowest BCUT2D eigenvalue weighted by Gasteiger charge is -2.36. The summed E-state index contributed by atoms with van der Waals surface area (Å²) in [4.78, 5) is 0. The van der Waals surface area contributed by atoms with E-state index < -0.39 is 0 Å². The summed E-state index contributed by atoms with van der Waals surface area (Å²) in [6.07, 6.45) is 8.41. The van der Waals surface area contributed by atoms with Gasteiger partial charge in [-0.15, -0.1) is 0 Å². The van der Waals surface area contributed by atoms with E-state index in [0.29, 0.717) is 0 Å². The minimum absolute atomic E-state index is 0.387. The molecule has 0 aromatic heterocycles. The van der Waals surface area contributed by atoms with Crippen LogP contribution in [0.1, 0.15) is 51.9 Å². The average molecular weight is 197 g/mol. The summed E-state index contributed by atoms with van der Waals surface area (Å²) in [5, 5.41) is 13.8. The molecule has 2 N–H and O–H groups in total. The van der Waals surface area contributed by atoms with E-state index in [1.807, 2.05) is 0 Å². The summed E-state index contributed by atoms with van der Waals surface area (Å²) in [6.45, 7) is 3.07. The molecule has 0 aromatic rings. The smallest absolute Gasteiger partial charge is 0.0774 e. The molecule has 2 fully saturated rings. The number of aliphatic hydroxyl groups is 1. The van der Waals surface area contributed by atoms with Crippen LogP contribution >= 0.6 is 0 Å². The first-order chi connectivity index (χ1) is 6.72. The van der Waals surface area contributed by atoms with Crippen molar-refractivity contribution in [3.63, 3.8) is 0 Å². The molecule has 2 nitrogen and oxygen atoms in total. The lowest BCUT2D eigenvalue weighted by atomic mass is 9.77. The maximum atomic E-state index is 10.4. The van der Waals surface area contributed by atoms with E-state index in [0.717, 1.165) is 31.3 Å². The first-order valence-corrected chi connectivity index (χ1v) is 6.17. The van der Waals surface area contributed by atoms with Crippen LogP contribution in [0.15, 0.2) is 0 Å². The first kappa shape index (κ1) is 10.4. The second-order valence-electron chi connectivity index (χ2n) is 5.25. The highest BCUT2D eigenvalue weighted by atomic mass is 16.3. The normalized spacial score (nSPS) is 38.6. The van der Waals surface area contributed by atoms with Crippen molar-refractivity contribution in [2.45, 2.75) is 63.5 Å². The molecule has 2 aliphatic rings. The zero-order valence-corrected chi connectivity index (χ0v) is 9.26. The summed E-state index contributed by atoms with van der Waals surface area (Å²) in [7, 11) is 0. The Balaban J connectivity index is 1.79. The van der Waals surface area contributed by atoms with Gasteiger partial charge in [0, 0.05) is 12.6 Å². The van der Waals surface area contributed by atoms with Crippen LogP contribution in [0.5, 0.6) is 0 Å². The third-order valence-electron chi connectivity index (χ3n) is 3.80. The van der Waals surface area contributed by atoms with Crippen molar-refractivity contribution in [3.05, 3.63) is 0 Å². The lowest BCUT2D eigenvalue weighted by molar-refractivity contribution is -0.0157. The van der Waals surface area contributed by atoms with Crippen LogP contribution in [-0.4, -0.2) is 23.3 Å². The van der Waals surface area contributed by atoms with Crippen molar-refractivity contribution in [3.8, 4) is 0 Å². The molecule has 0 heterocycles. The van der Waals surface area contributed by atoms with Gasteiger partial charge in [-0.25, -0.2) is 0 Å². The summed E-state index contributed by atoms with van der Waals surface area (Å²) in [5.41, 5.74) is -0.387. The van der Waals surface area contributed by atoms with Crippen molar-refractivity contribution in [1.29, 1.82) is 0 Å². The fourth-order valence-electron chi connectivity index (χ4n) is 2.59. The van der Waals surface area contributed by atoms with Gasteiger partial charge in [-0.2, -0.15) is 0 Å². The van der Waals surface area contributed by atoms with Crippen LogP contribution in [0.4, 0.5) is 0 Å². The zero-order valence-electron chi connectivity index (χ0n) is 9.26. The molecule has 0 aromatic carbocycles. The van der Waals surface area contributed by atoms with Gasteiger partial charge in [0.1, 0.15) is 0 Å². The van der Waals surface area contributed by atoms with Crippen molar-refractivity contribution in [2.24, 2.45) is 5.92 Å². The largest absolute Gasteiger partial charge is 0.389 e. The molecule has 2 atom stereocenters. The minimum Gasteiger partial charge on any atom is -0.389 e. The van der Waals surface area contributed by atoms with Gasteiger partial charge in [0.25, 0.3) is 0 Å². The second kappa shape index (κ2) is 4.19. The van der Waals surface area contributed by atoms with Crippen molar-refractivity contribution in [2.75, 3.05) is 6.54 Å². The Morgan fingerprint density at radius 2 is 2.14 bits per heavy atom. The average Bonchev–Trinajstić information content (AvgIpc) is 2.98. The minimum atomic E-state index is -0.387. The fourth-order valence-corrected chi connectivity index (χ4v) is 2.59. The molecule has 0 radical (unpaired) electrons. The Kier molecular flexibility index (Phi) is 3.13. The van der Waals surface area contributed by atoms with Gasteiger partial charge in [-0.05, 0) is 31.6 Å². The maximum Gasteiger partial charge on any atom is 0.0774 e. The molecule has 2 rings (SSSR count). The molecule has 2 unspecified atom stereocenters. The summed E-state index contributed by atoms with van der Waals surface area (Å²) in [5.74, 6) is 0.759. The van der Waals surface area contributed by atoms with E-state index in [-0.39, 0.29) is 5.60 Å². The Morgan fingerprint density at radius 3 is 2.79 bits per heavy atom. The summed E-state index contributed by atoms with van der Waals surface area (Å²) in [6, 6.07) is 0.723. The molecule has 2 heteroatoms. The molecular weight excluding hydrogens is 174 g/mol. The highest BCUT2D eigenvalue weighted by Gasteiger charge is 2.34. The Hall–Kier alpha value is -0.0800. The van der Waals surface area contributed by atoms with Crippen LogP contribution in [0.25, 0.3) is 0 Å². The third kappa shape index (κ3) is 2.71. The van der Waals surface area contributed by atoms with Crippen LogP contribution in [0.3, 0.4) is 0 Å². The van der Waals surface area contributed by atoms with Crippen molar-refractivity contribution >= 4 is 0 Å². The van der Waals surface area contributed by atoms with Crippen molar-refractivity contribution < 1.29 is 5.11 Å². The van der Waals surface area contributed by atoms with Gasteiger partial charge in [0.05, 0.1) is 5.60 Å². The van der Waals surface area contributed by atoms with Crippen LogP contribution in [0, 0.1) is 5.92 Å². The highest BCUT2D eigenvalue weighted by molar-refractivity contribution is 4.91. The zero-order chi connectivity index (χ0) is 10.0. The van der Waals surface area contributed by atoms with Crippen LogP contribution in [0.2, 0.25) is 0 Å². The summed E-state index contributed by atoms with van der Waals surface area (Å²) >= 11 is 0. The monoisotopic (exact) mass is 197 g/mol. The molecule has 2 saturated carbocycles. The molecule has 0 bridgehead atoms. The molecule has 2 aliphatic carbocycles. The van der Waals surface area contributed by atoms with Crippen LogP contribution < -0.4 is 5.32 Å². The van der Waals surface area contributed by atoms with Gasteiger partial charge >= 0.3 is 0 Å². The van der Waals surface area contributed by atoms with Gasteiger partial charge < -0.3 is 10.4 Å². The predicted molar refractivity (Wildman–Crippen MR) is 58.2 cm³/mol. The van der Waals surface area contributed by atoms with Gasteiger partial charge in [0.2, 0.25) is 0 Å². The van der Waals surface area contributed by atoms with Gasteiger partial charge in [0.15, 0.2) is 0 Å².